The summed E-state index contributed by atoms with van der Waals surface area (Å²) < 4.78 is 5.07. The summed E-state index contributed by atoms with van der Waals surface area (Å²) in [5.74, 6) is -0.356. The number of nitrogens with one attached hydrogen (secondary N) is 2. The average molecular weight is 357 g/mol. The molecule has 6 heteroatoms. The van der Waals surface area contributed by atoms with E-state index in [1.165, 1.54) is 12.5 Å². The number of esters is 1. The van der Waals surface area contributed by atoms with Gasteiger partial charge in [0.15, 0.2) is 0 Å². The maximum Gasteiger partial charge on any atom is 0.340 e. The monoisotopic (exact) mass is 357 g/mol. The number of carbonyl (C=O) groups is 2. The molecule has 2 atom stereocenters. The summed E-state index contributed by atoms with van der Waals surface area (Å²) in [5, 5.41) is 12.4. The van der Waals surface area contributed by atoms with E-state index in [1.54, 1.807) is 20.8 Å². The molecule has 0 saturated heterocycles. The third-order valence-corrected chi connectivity index (χ3v) is 5.04. The van der Waals surface area contributed by atoms with Crippen LogP contribution in [0.25, 0.3) is 6.08 Å². The number of rotatable bonds is 5. The summed E-state index contributed by atoms with van der Waals surface area (Å²) in [6, 6.07) is 2.08. The van der Waals surface area contributed by atoms with E-state index < -0.39 is 5.97 Å². The van der Waals surface area contributed by atoms with Crippen molar-refractivity contribution in [1.82, 2.24) is 10.3 Å². The Morgan fingerprint density at radius 2 is 2.04 bits per heavy atom. The molecule has 2 rings (SSSR count). The second-order valence-corrected chi connectivity index (χ2v) is 6.90. The normalized spacial score (nSPS) is 20.3. The van der Waals surface area contributed by atoms with Crippen molar-refractivity contribution in [2.45, 2.75) is 59.4 Å². The van der Waals surface area contributed by atoms with Gasteiger partial charge in [0.25, 0.3) is 5.91 Å². The Hall–Kier alpha value is -2.55. The largest absolute Gasteiger partial charge is 0.462 e. The zero-order valence-electron chi connectivity index (χ0n) is 15.9. The van der Waals surface area contributed by atoms with E-state index in [-0.39, 0.29) is 17.5 Å². The van der Waals surface area contributed by atoms with Gasteiger partial charge in [0.2, 0.25) is 0 Å². The van der Waals surface area contributed by atoms with Crippen LogP contribution in [-0.2, 0) is 9.53 Å². The van der Waals surface area contributed by atoms with Crippen LogP contribution in [0.15, 0.2) is 5.57 Å². The first-order chi connectivity index (χ1) is 12.4. The molecular weight excluding hydrogens is 330 g/mol. The van der Waals surface area contributed by atoms with Crippen molar-refractivity contribution in [1.29, 1.82) is 5.26 Å². The van der Waals surface area contributed by atoms with Gasteiger partial charge in [-0.1, -0.05) is 19.8 Å². The molecule has 1 heterocycles. The number of nitriles is 1. The van der Waals surface area contributed by atoms with Crippen LogP contribution in [0, 0.1) is 31.1 Å². The zero-order chi connectivity index (χ0) is 19.3. The van der Waals surface area contributed by atoms with Crippen LogP contribution >= 0.6 is 0 Å². The number of hydrogen-bond donors (Lipinski definition) is 2. The number of nitrogens with zero attached hydrogens (tertiary/aromatic N) is 1. The lowest BCUT2D eigenvalue weighted by Crippen LogP contribution is -2.41. The SMILES string of the molecule is CCOC(=O)c1c(C)[nH]c(/C=C(\C#N)C(=O)N[C@H]2CCCC[C@@H]2C)c1C. The van der Waals surface area contributed by atoms with Gasteiger partial charge in [0.1, 0.15) is 11.6 Å². The lowest BCUT2D eigenvalue weighted by atomic mass is 9.86. The molecule has 0 aliphatic heterocycles. The van der Waals surface area contributed by atoms with Crippen LogP contribution in [0.2, 0.25) is 0 Å². The minimum Gasteiger partial charge on any atom is -0.462 e. The van der Waals surface area contributed by atoms with Gasteiger partial charge in [-0.05, 0) is 51.2 Å². The van der Waals surface area contributed by atoms with E-state index in [2.05, 4.69) is 17.2 Å². The molecule has 1 aromatic rings. The fourth-order valence-electron chi connectivity index (χ4n) is 3.50. The zero-order valence-corrected chi connectivity index (χ0v) is 15.9. The summed E-state index contributed by atoms with van der Waals surface area (Å²) in [6.45, 7) is 7.72. The Morgan fingerprint density at radius 1 is 1.35 bits per heavy atom. The van der Waals surface area contributed by atoms with Gasteiger partial charge in [-0.3, -0.25) is 4.79 Å². The van der Waals surface area contributed by atoms with Gasteiger partial charge in [-0.2, -0.15) is 5.26 Å². The van der Waals surface area contributed by atoms with E-state index in [0.717, 1.165) is 19.3 Å². The number of H-pyrrole nitrogens is 1. The molecular formula is C20H27N3O3. The number of ether oxygens (including phenoxy) is 1. The molecule has 1 amide bonds. The van der Waals surface area contributed by atoms with Crippen LogP contribution in [0.4, 0.5) is 0 Å². The van der Waals surface area contributed by atoms with Gasteiger partial charge < -0.3 is 15.0 Å². The molecule has 1 saturated carbocycles. The topological polar surface area (TPSA) is 95.0 Å². The minimum atomic E-state index is -0.405. The summed E-state index contributed by atoms with van der Waals surface area (Å²) in [4.78, 5) is 27.7. The van der Waals surface area contributed by atoms with Gasteiger partial charge in [-0.25, -0.2) is 4.79 Å². The third kappa shape index (κ3) is 4.34. The molecule has 1 aliphatic rings. The second-order valence-electron chi connectivity index (χ2n) is 6.90. The molecule has 0 aromatic carbocycles. The molecule has 0 unspecified atom stereocenters. The molecule has 6 nitrogen and oxygen atoms in total. The fraction of sp³-hybridized carbons (Fsp3) is 0.550. The third-order valence-electron chi connectivity index (χ3n) is 5.04. The first-order valence-corrected chi connectivity index (χ1v) is 9.17. The fourth-order valence-corrected chi connectivity index (χ4v) is 3.50. The van der Waals surface area contributed by atoms with Crippen molar-refractivity contribution in [3.8, 4) is 6.07 Å². The molecule has 1 aliphatic carbocycles. The van der Waals surface area contributed by atoms with E-state index >= 15 is 0 Å². The van der Waals surface area contributed by atoms with E-state index in [4.69, 9.17) is 4.74 Å². The Labute approximate surface area is 154 Å². The Morgan fingerprint density at radius 3 is 2.65 bits per heavy atom. The highest BCUT2D eigenvalue weighted by Crippen LogP contribution is 2.25. The highest BCUT2D eigenvalue weighted by molar-refractivity contribution is 6.02. The predicted octanol–water partition coefficient (Wildman–Crippen LogP) is 3.41. The molecule has 0 radical (unpaired) electrons. The highest BCUT2D eigenvalue weighted by Gasteiger charge is 2.25. The summed E-state index contributed by atoms with van der Waals surface area (Å²) >= 11 is 0. The number of amides is 1. The summed E-state index contributed by atoms with van der Waals surface area (Å²) in [7, 11) is 0. The minimum absolute atomic E-state index is 0.0301. The van der Waals surface area contributed by atoms with E-state index in [1.807, 2.05) is 6.07 Å². The maximum absolute atomic E-state index is 12.5. The Bertz CT molecular complexity index is 755. The van der Waals surface area contributed by atoms with Crippen molar-refractivity contribution in [2.75, 3.05) is 6.61 Å². The van der Waals surface area contributed by atoms with Gasteiger partial charge in [0, 0.05) is 17.4 Å². The average Bonchev–Trinajstić information content (AvgIpc) is 2.88. The van der Waals surface area contributed by atoms with Crippen molar-refractivity contribution < 1.29 is 14.3 Å². The number of aromatic amines is 1. The molecule has 1 aromatic heterocycles. The molecule has 2 N–H and O–H groups in total. The van der Waals surface area contributed by atoms with Crippen molar-refractivity contribution in [2.24, 2.45) is 5.92 Å². The molecule has 0 bridgehead atoms. The smallest absolute Gasteiger partial charge is 0.340 e. The van der Waals surface area contributed by atoms with E-state index in [0.29, 0.717) is 35.0 Å². The quantitative estimate of drug-likeness (QED) is 0.479. The number of hydrogen-bond acceptors (Lipinski definition) is 4. The summed E-state index contributed by atoms with van der Waals surface area (Å²) in [6.07, 6.45) is 5.83. The van der Waals surface area contributed by atoms with Crippen LogP contribution in [0.5, 0.6) is 0 Å². The van der Waals surface area contributed by atoms with Gasteiger partial charge >= 0.3 is 5.97 Å². The maximum atomic E-state index is 12.5. The van der Waals surface area contributed by atoms with Crippen molar-refractivity contribution in [3.05, 3.63) is 28.1 Å². The lowest BCUT2D eigenvalue weighted by Gasteiger charge is -2.29. The van der Waals surface area contributed by atoms with Crippen molar-refractivity contribution >= 4 is 18.0 Å². The van der Waals surface area contributed by atoms with Crippen LogP contribution < -0.4 is 5.32 Å². The summed E-state index contributed by atoms with van der Waals surface area (Å²) in [5.41, 5.74) is 2.39. The van der Waals surface area contributed by atoms with Crippen LogP contribution in [0.3, 0.4) is 0 Å². The number of carbonyl (C=O) groups excluding carboxylic acids is 2. The van der Waals surface area contributed by atoms with Crippen molar-refractivity contribution in [3.63, 3.8) is 0 Å². The molecule has 1 fully saturated rings. The van der Waals surface area contributed by atoms with Gasteiger partial charge in [-0.15, -0.1) is 0 Å². The molecule has 0 spiro atoms. The molecule has 140 valence electrons. The number of aryl methyl sites for hydroxylation is 1. The van der Waals surface area contributed by atoms with Gasteiger partial charge in [0.05, 0.1) is 12.2 Å². The molecule has 26 heavy (non-hydrogen) atoms. The Kier molecular flexibility index (Phi) is 6.62. The first-order valence-electron chi connectivity index (χ1n) is 9.17. The lowest BCUT2D eigenvalue weighted by molar-refractivity contribution is -0.118. The van der Waals surface area contributed by atoms with Crippen LogP contribution in [-0.4, -0.2) is 29.5 Å². The number of aromatic nitrogens is 1. The van der Waals surface area contributed by atoms with Crippen LogP contribution in [0.1, 0.15) is 66.8 Å². The highest BCUT2D eigenvalue weighted by atomic mass is 16.5. The second kappa shape index (κ2) is 8.70. The van der Waals surface area contributed by atoms with E-state index in [9.17, 15) is 14.9 Å². The predicted molar refractivity (Wildman–Crippen MR) is 99.4 cm³/mol. The first kappa shape index (κ1) is 19.8. The Balaban J connectivity index is 2.23. The standard InChI is InChI=1S/C20H27N3O3/c1-5-26-20(25)18-13(3)17(22-14(18)4)10-15(11-21)19(24)23-16-9-7-6-8-12(16)2/h10,12,16,22H,5-9H2,1-4H3,(H,23,24)/b15-10+/t12-,16-/m0/s1.